The van der Waals surface area contributed by atoms with E-state index in [1.54, 1.807) is 20.8 Å². The van der Waals surface area contributed by atoms with E-state index in [0.29, 0.717) is 18.7 Å². The molecule has 5 nitrogen and oxygen atoms in total. The van der Waals surface area contributed by atoms with Crippen molar-refractivity contribution >= 4 is 12.0 Å². The summed E-state index contributed by atoms with van der Waals surface area (Å²) < 4.78 is 31.4. The third-order valence-electron chi connectivity index (χ3n) is 3.33. The van der Waals surface area contributed by atoms with E-state index < -0.39 is 23.3 Å². The predicted molar refractivity (Wildman–Crippen MR) is 79.6 cm³/mol. The van der Waals surface area contributed by atoms with Crippen LogP contribution in [0.4, 0.5) is 13.6 Å². The highest BCUT2D eigenvalue weighted by molar-refractivity contribution is 5.83. The zero-order valence-electron chi connectivity index (χ0n) is 13.4. The Morgan fingerprint density at radius 2 is 1.91 bits per heavy atom. The highest BCUT2D eigenvalue weighted by Crippen LogP contribution is 2.15. The lowest BCUT2D eigenvalue weighted by Gasteiger charge is -2.35. The standard InChI is InChI=1S/C16H20F2N2O3/c1-16(2,3)23-15(22)20-7-6-19(14(21)10-20)9-11-4-5-12(17)13(18)8-11/h4-5,8H,6-7,9-10H2,1-3H3. The van der Waals surface area contributed by atoms with E-state index in [1.165, 1.54) is 15.9 Å². The lowest BCUT2D eigenvalue weighted by molar-refractivity contribution is -0.136. The Balaban J connectivity index is 1.95. The predicted octanol–water partition coefficient (Wildman–Crippen LogP) is 2.54. The normalized spacial score (nSPS) is 15.8. The molecule has 1 aliphatic rings. The number of piperazine rings is 1. The third kappa shape index (κ3) is 4.64. The number of nitrogens with zero attached hydrogens (tertiary/aromatic N) is 2. The van der Waals surface area contributed by atoms with Crippen LogP contribution in [0, 0.1) is 11.6 Å². The molecule has 1 aromatic carbocycles. The molecule has 0 N–H and O–H groups in total. The van der Waals surface area contributed by atoms with Gasteiger partial charge in [0, 0.05) is 19.6 Å². The fourth-order valence-corrected chi connectivity index (χ4v) is 2.22. The molecule has 0 aliphatic carbocycles. The molecule has 0 bridgehead atoms. The highest BCUT2D eigenvalue weighted by atomic mass is 19.2. The van der Waals surface area contributed by atoms with E-state index >= 15 is 0 Å². The van der Waals surface area contributed by atoms with Gasteiger partial charge in [-0.15, -0.1) is 0 Å². The molecule has 2 rings (SSSR count). The van der Waals surface area contributed by atoms with Gasteiger partial charge in [0.25, 0.3) is 0 Å². The van der Waals surface area contributed by atoms with Crippen molar-refractivity contribution in [2.45, 2.75) is 32.9 Å². The molecule has 0 atom stereocenters. The van der Waals surface area contributed by atoms with Gasteiger partial charge in [-0.3, -0.25) is 9.69 Å². The molecule has 1 aliphatic heterocycles. The second kappa shape index (κ2) is 6.52. The summed E-state index contributed by atoms with van der Waals surface area (Å²) in [6.07, 6.45) is -0.529. The SMILES string of the molecule is CC(C)(C)OC(=O)N1CCN(Cc2ccc(F)c(F)c2)C(=O)C1. The van der Waals surface area contributed by atoms with Crippen LogP contribution in [0.5, 0.6) is 0 Å². The van der Waals surface area contributed by atoms with Crippen LogP contribution in [-0.2, 0) is 16.1 Å². The van der Waals surface area contributed by atoms with E-state index in [1.807, 2.05) is 0 Å². The van der Waals surface area contributed by atoms with Crippen molar-refractivity contribution in [1.29, 1.82) is 0 Å². The topological polar surface area (TPSA) is 49.9 Å². The average Bonchev–Trinajstić information content (AvgIpc) is 2.43. The first-order chi connectivity index (χ1) is 10.7. The summed E-state index contributed by atoms with van der Waals surface area (Å²) in [6.45, 7) is 6.02. The van der Waals surface area contributed by atoms with Gasteiger partial charge in [0.05, 0.1) is 0 Å². The second-order valence-electron chi connectivity index (χ2n) is 6.47. The van der Waals surface area contributed by atoms with E-state index in [-0.39, 0.29) is 19.0 Å². The summed E-state index contributed by atoms with van der Waals surface area (Å²) in [5, 5.41) is 0. The second-order valence-corrected chi connectivity index (χ2v) is 6.47. The van der Waals surface area contributed by atoms with Gasteiger partial charge < -0.3 is 9.64 Å². The Labute approximate surface area is 133 Å². The van der Waals surface area contributed by atoms with Crippen molar-refractivity contribution in [1.82, 2.24) is 9.80 Å². The molecule has 0 radical (unpaired) electrons. The summed E-state index contributed by atoms with van der Waals surface area (Å²) in [5.41, 5.74) is -0.119. The minimum atomic E-state index is -0.942. The number of carbonyl (C=O) groups excluding carboxylic acids is 2. The van der Waals surface area contributed by atoms with Crippen molar-refractivity contribution in [3.05, 3.63) is 35.4 Å². The van der Waals surface area contributed by atoms with Gasteiger partial charge in [0.2, 0.25) is 5.91 Å². The number of ether oxygens (including phenoxy) is 1. The Hall–Kier alpha value is -2.18. The number of hydrogen-bond donors (Lipinski definition) is 0. The van der Waals surface area contributed by atoms with Crippen LogP contribution in [0.2, 0.25) is 0 Å². The van der Waals surface area contributed by atoms with Gasteiger partial charge in [0.1, 0.15) is 12.1 Å². The number of hydrogen-bond acceptors (Lipinski definition) is 3. The molecule has 0 unspecified atom stereocenters. The quantitative estimate of drug-likeness (QED) is 0.839. The van der Waals surface area contributed by atoms with Crippen LogP contribution < -0.4 is 0 Å². The van der Waals surface area contributed by atoms with Crippen molar-refractivity contribution in [2.24, 2.45) is 0 Å². The van der Waals surface area contributed by atoms with Crippen LogP contribution in [0.15, 0.2) is 18.2 Å². The summed E-state index contributed by atoms with van der Waals surface area (Å²) in [7, 11) is 0. The summed E-state index contributed by atoms with van der Waals surface area (Å²) in [6, 6.07) is 3.54. The number of benzene rings is 1. The summed E-state index contributed by atoms with van der Waals surface area (Å²) in [5.74, 6) is -2.12. The molecular weight excluding hydrogens is 306 g/mol. The first kappa shape index (κ1) is 17.2. The van der Waals surface area contributed by atoms with Crippen molar-refractivity contribution in [2.75, 3.05) is 19.6 Å². The Morgan fingerprint density at radius 1 is 1.22 bits per heavy atom. The Bertz CT molecular complexity index is 614. The van der Waals surface area contributed by atoms with E-state index in [4.69, 9.17) is 4.74 Å². The van der Waals surface area contributed by atoms with Gasteiger partial charge in [-0.25, -0.2) is 13.6 Å². The van der Waals surface area contributed by atoms with Crippen LogP contribution >= 0.6 is 0 Å². The van der Waals surface area contributed by atoms with Crippen molar-refractivity contribution in [3.63, 3.8) is 0 Å². The molecule has 0 aromatic heterocycles. The van der Waals surface area contributed by atoms with Crippen molar-refractivity contribution < 1.29 is 23.1 Å². The number of halogens is 2. The monoisotopic (exact) mass is 326 g/mol. The van der Waals surface area contributed by atoms with Crippen LogP contribution in [0.25, 0.3) is 0 Å². The summed E-state index contributed by atoms with van der Waals surface area (Å²) in [4.78, 5) is 26.9. The van der Waals surface area contributed by atoms with Gasteiger partial charge >= 0.3 is 6.09 Å². The molecule has 23 heavy (non-hydrogen) atoms. The molecule has 0 spiro atoms. The fraction of sp³-hybridized carbons (Fsp3) is 0.500. The van der Waals surface area contributed by atoms with E-state index in [0.717, 1.165) is 12.1 Å². The third-order valence-corrected chi connectivity index (χ3v) is 3.33. The first-order valence-electron chi connectivity index (χ1n) is 7.35. The van der Waals surface area contributed by atoms with Crippen LogP contribution in [0.1, 0.15) is 26.3 Å². The number of amides is 2. The largest absolute Gasteiger partial charge is 0.444 e. The fourth-order valence-electron chi connectivity index (χ4n) is 2.22. The van der Waals surface area contributed by atoms with Crippen molar-refractivity contribution in [3.8, 4) is 0 Å². The Morgan fingerprint density at radius 3 is 2.48 bits per heavy atom. The molecule has 1 fully saturated rings. The highest BCUT2D eigenvalue weighted by Gasteiger charge is 2.30. The molecular formula is C16H20F2N2O3. The van der Waals surface area contributed by atoms with E-state index in [9.17, 15) is 18.4 Å². The molecule has 126 valence electrons. The summed E-state index contributed by atoms with van der Waals surface area (Å²) >= 11 is 0. The van der Waals surface area contributed by atoms with Crippen LogP contribution in [-0.4, -0.2) is 47.0 Å². The van der Waals surface area contributed by atoms with Gasteiger partial charge in [-0.05, 0) is 38.5 Å². The molecule has 2 amide bonds. The Kier molecular flexibility index (Phi) is 4.87. The smallest absolute Gasteiger partial charge is 0.410 e. The lowest BCUT2D eigenvalue weighted by atomic mass is 10.2. The maximum absolute atomic E-state index is 13.2. The number of carbonyl (C=O) groups is 2. The molecule has 0 saturated carbocycles. The van der Waals surface area contributed by atoms with Gasteiger partial charge in [-0.1, -0.05) is 6.07 Å². The number of rotatable bonds is 2. The zero-order valence-corrected chi connectivity index (χ0v) is 13.4. The minimum absolute atomic E-state index is 0.0847. The van der Waals surface area contributed by atoms with Gasteiger partial charge in [-0.2, -0.15) is 0 Å². The molecule has 1 heterocycles. The van der Waals surface area contributed by atoms with E-state index in [2.05, 4.69) is 0 Å². The molecule has 7 heteroatoms. The maximum Gasteiger partial charge on any atom is 0.410 e. The first-order valence-corrected chi connectivity index (χ1v) is 7.35. The molecule has 1 aromatic rings. The zero-order chi connectivity index (χ0) is 17.2. The average molecular weight is 326 g/mol. The minimum Gasteiger partial charge on any atom is -0.444 e. The lowest BCUT2D eigenvalue weighted by Crippen LogP contribution is -2.52. The maximum atomic E-state index is 13.2. The van der Waals surface area contributed by atoms with Crippen LogP contribution in [0.3, 0.4) is 0 Å². The van der Waals surface area contributed by atoms with Gasteiger partial charge in [0.15, 0.2) is 11.6 Å². The molecule has 1 saturated heterocycles.